The quantitative estimate of drug-likeness (QED) is 0.947. The molecule has 2 rings (SSSR count). The van der Waals surface area contributed by atoms with Crippen LogP contribution in [-0.4, -0.2) is 10.9 Å². The van der Waals surface area contributed by atoms with Crippen LogP contribution < -0.4 is 5.32 Å². The minimum Gasteiger partial charge on any atom is -0.444 e. The summed E-state index contributed by atoms with van der Waals surface area (Å²) in [6.07, 6.45) is 0. The normalized spacial score (nSPS) is 10.5. The second-order valence-electron chi connectivity index (χ2n) is 3.54. The van der Waals surface area contributed by atoms with Gasteiger partial charge in [0.1, 0.15) is 5.01 Å². The van der Waals surface area contributed by atoms with E-state index < -0.39 is 0 Å². The molecule has 0 aliphatic carbocycles. The lowest BCUT2D eigenvalue weighted by molar-refractivity contribution is 0.0922. The number of halogens is 1. The lowest BCUT2D eigenvalue weighted by atomic mass is 10.4. The highest BCUT2D eigenvalue weighted by Gasteiger charge is 2.11. The molecule has 6 heteroatoms. The summed E-state index contributed by atoms with van der Waals surface area (Å²) in [5.41, 5.74) is 1.01. The molecule has 90 valence electrons. The Labute approximate surface area is 111 Å². The zero-order valence-electron chi connectivity index (χ0n) is 9.41. The standard InChI is InChI=1S/C11H11BrN2O2S/c1-6-7(2)17-10(14-6)5-13-11(15)8-3-4-9(12)16-8/h3-4H,5H2,1-2H3,(H,13,15). The maximum atomic E-state index is 11.7. The van der Waals surface area contributed by atoms with Gasteiger partial charge in [-0.2, -0.15) is 0 Å². The fraction of sp³-hybridized carbons (Fsp3) is 0.273. The van der Waals surface area contributed by atoms with Gasteiger partial charge in [0.25, 0.3) is 5.91 Å². The predicted octanol–water partition coefficient (Wildman–Crippen LogP) is 3.05. The van der Waals surface area contributed by atoms with Gasteiger partial charge in [-0.15, -0.1) is 11.3 Å². The molecule has 0 spiro atoms. The topological polar surface area (TPSA) is 55.1 Å². The van der Waals surface area contributed by atoms with Crippen LogP contribution in [-0.2, 0) is 6.54 Å². The van der Waals surface area contributed by atoms with Gasteiger partial charge in [-0.05, 0) is 41.9 Å². The van der Waals surface area contributed by atoms with Crippen molar-refractivity contribution in [3.05, 3.63) is 38.1 Å². The first kappa shape index (κ1) is 12.3. The van der Waals surface area contributed by atoms with E-state index in [9.17, 15) is 4.79 Å². The second kappa shape index (κ2) is 5.01. The largest absolute Gasteiger partial charge is 0.444 e. The first-order valence-electron chi connectivity index (χ1n) is 5.02. The van der Waals surface area contributed by atoms with Crippen LogP contribution in [0.25, 0.3) is 0 Å². The molecular weight excluding hydrogens is 304 g/mol. The molecule has 0 fully saturated rings. The molecule has 0 bridgehead atoms. The average Bonchev–Trinajstić information content (AvgIpc) is 2.83. The summed E-state index contributed by atoms with van der Waals surface area (Å²) in [5, 5.41) is 3.67. The molecule has 4 nitrogen and oxygen atoms in total. The average molecular weight is 315 g/mol. The number of carbonyl (C=O) groups is 1. The van der Waals surface area contributed by atoms with Crippen molar-refractivity contribution in [1.82, 2.24) is 10.3 Å². The van der Waals surface area contributed by atoms with Crippen molar-refractivity contribution in [3.8, 4) is 0 Å². The van der Waals surface area contributed by atoms with Crippen molar-refractivity contribution in [2.24, 2.45) is 0 Å². The van der Waals surface area contributed by atoms with Crippen molar-refractivity contribution in [2.45, 2.75) is 20.4 Å². The lowest BCUT2D eigenvalue weighted by Crippen LogP contribution is -2.22. The SMILES string of the molecule is Cc1nc(CNC(=O)c2ccc(Br)o2)sc1C. The van der Waals surface area contributed by atoms with Gasteiger partial charge < -0.3 is 9.73 Å². The van der Waals surface area contributed by atoms with E-state index in [2.05, 4.69) is 26.2 Å². The molecule has 0 atom stereocenters. The van der Waals surface area contributed by atoms with Gasteiger partial charge in [0.15, 0.2) is 10.4 Å². The van der Waals surface area contributed by atoms with Gasteiger partial charge in [-0.25, -0.2) is 4.98 Å². The summed E-state index contributed by atoms with van der Waals surface area (Å²) in [7, 11) is 0. The first-order valence-corrected chi connectivity index (χ1v) is 6.63. The van der Waals surface area contributed by atoms with Gasteiger partial charge in [0.05, 0.1) is 12.2 Å². The lowest BCUT2D eigenvalue weighted by Gasteiger charge is -1.99. The maximum Gasteiger partial charge on any atom is 0.287 e. The number of hydrogen-bond donors (Lipinski definition) is 1. The van der Waals surface area contributed by atoms with Crippen LogP contribution >= 0.6 is 27.3 Å². The van der Waals surface area contributed by atoms with E-state index in [1.54, 1.807) is 23.5 Å². The highest BCUT2D eigenvalue weighted by atomic mass is 79.9. The van der Waals surface area contributed by atoms with E-state index in [4.69, 9.17) is 4.42 Å². The molecule has 0 aliphatic heterocycles. The summed E-state index contributed by atoms with van der Waals surface area (Å²) in [5.74, 6) is 0.0584. The number of carbonyl (C=O) groups excluding carboxylic acids is 1. The van der Waals surface area contributed by atoms with E-state index in [0.29, 0.717) is 17.0 Å². The third-order valence-corrected chi connectivity index (χ3v) is 3.77. The number of nitrogens with one attached hydrogen (secondary N) is 1. The Morgan fingerprint density at radius 2 is 2.29 bits per heavy atom. The number of aryl methyl sites for hydroxylation is 2. The van der Waals surface area contributed by atoms with Crippen LogP contribution in [0.2, 0.25) is 0 Å². The Hall–Kier alpha value is -1.14. The molecule has 1 N–H and O–H groups in total. The summed E-state index contributed by atoms with van der Waals surface area (Å²) >= 11 is 4.74. The van der Waals surface area contributed by atoms with Gasteiger partial charge in [-0.3, -0.25) is 4.79 Å². The third-order valence-electron chi connectivity index (χ3n) is 2.27. The van der Waals surface area contributed by atoms with Crippen LogP contribution in [0.15, 0.2) is 21.2 Å². The highest BCUT2D eigenvalue weighted by molar-refractivity contribution is 9.10. The summed E-state index contributed by atoms with van der Waals surface area (Å²) in [4.78, 5) is 17.2. The molecule has 0 aliphatic rings. The van der Waals surface area contributed by atoms with E-state index >= 15 is 0 Å². The molecular formula is C11H11BrN2O2S. The van der Waals surface area contributed by atoms with Gasteiger partial charge in [0.2, 0.25) is 0 Å². The van der Waals surface area contributed by atoms with Gasteiger partial charge >= 0.3 is 0 Å². The molecule has 17 heavy (non-hydrogen) atoms. The number of aromatic nitrogens is 1. The van der Waals surface area contributed by atoms with Crippen LogP contribution in [0.5, 0.6) is 0 Å². The fourth-order valence-electron chi connectivity index (χ4n) is 1.29. The van der Waals surface area contributed by atoms with E-state index in [1.165, 1.54) is 4.88 Å². The molecule has 0 saturated carbocycles. The smallest absolute Gasteiger partial charge is 0.287 e. The highest BCUT2D eigenvalue weighted by Crippen LogP contribution is 2.17. The van der Waals surface area contributed by atoms with Gasteiger partial charge in [-0.1, -0.05) is 0 Å². The molecule has 2 heterocycles. The number of thiazole rings is 1. The molecule has 0 unspecified atom stereocenters. The predicted molar refractivity (Wildman–Crippen MR) is 69.2 cm³/mol. The minimum absolute atomic E-state index is 0.235. The third kappa shape index (κ3) is 2.95. The number of nitrogens with zero attached hydrogens (tertiary/aromatic N) is 1. The molecule has 2 aromatic heterocycles. The zero-order chi connectivity index (χ0) is 12.4. The van der Waals surface area contributed by atoms with Crippen molar-refractivity contribution in [2.75, 3.05) is 0 Å². The molecule has 0 radical (unpaired) electrons. The van der Waals surface area contributed by atoms with Crippen molar-refractivity contribution >= 4 is 33.2 Å². The Morgan fingerprint density at radius 1 is 1.53 bits per heavy atom. The number of furan rings is 1. The maximum absolute atomic E-state index is 11.7. The van der Waals surface area contributed by atoms with Crippen LogP contribution in [0, 0.1) is 13.8 Å². The van der Waals surface area contributed by atoms with Crippen LogP contribution in [0.1, 0.15) is 26.1 Å². The molecule has 1 amide bonds. The Bertz CT molecular complexity index is 528. The van der Waals surface area contributed by atoms with Crippen molar-refractivity contribution < 1.29 is 9.21 Å². The van der Waals surface area contributed by atoms with Crippen LogP contribution in [0.4, 0.5) is 0 Å². The second-order valence-corrected chi connectivity index (χ2v) is 5.60. The van der Waals surface area contributed by atoms with Crippen molar-refractivity contribution in [1.29, 1.82) is 0 Å². The van der Waals surface area contributed by atoms with E-state index in [0.717, 1.165) is 10.7 Å². The zero-order valence-corrected chi connectivity index (χ0v) is 11.8. The molecule has 2 aromatic rings. The monoisotopic (exact) mass is 314 g/mol. The molecule has 0 saturated heterocycles. The number of hydrogen-bond acceptors (Lipinski definition) is 4. The van der Waals surface area contributed by atoms with Crippen LogP contribution in [0.3, 0.4) is 0 Å². The summed E-state index contributed by atoms with van der Waals surface area (Å²) < 4.78 is 5.70. The number of rotatable bonds is 3. The summed E-state index contributed by atoms with van der Waals surface area (Å²) in [6, 6.07) is 3.31. The first-order chi connectivity index (χ1) is 8.06. The minimum atomic E-state index is -0.235. The van der Waals surface area contributed by atoms with E-state index in [1.807, 2.05) is 13.8 Å². The Kier molecular flexibility index (Phi) is 3.63. The van der Waals surface area contributed by atoms with Gasteiger partial charge in [0, 0.05) is 4.88 Å². The number of amides is 1. The Morgan fingerprint density at radius 3 is 2.82 bits per heavy atom. The Balaban J connectivity index is 1.96. The summed E-state index contributed by atoms with van der Waals surface area (Å²) in [6.45, 7) is 4.40. The van der Waals surface area contributed by atoms with E-state index in [-0.39, 0.29) is 5.91 Å². The fourth-order valence-corrected chi connectivity index (χ4v) is 2.47. The molecule has 0 aromatic carbocycles. The van der Waals surface area contributed by atoms with Crippen molar-refractivity contribution in [3.63, 3.8) is 0 Å².